The molecule has 0 radical (unpaired) electrons. The van der Waals surface area contributed by atoms with Crippen LogP contribution in [0.4, 0.5) is 9.59 Å². The predicted molar refractivity (Wildman–Crippen MR) is 92.3 cm³/mol. The average Bonchev–Trinajstić information content (AvgIpc) is 2.77. The lowest BCUT2D eigenvalue weighted by atomic mass is 10.1. The van der Waals surface area contributed by atoms with Crippen molar-refractivity contribution in [2.45, 2.75) is 53.6 Å². The summed E-state index contributed by atoms with van der Waals surface area (Å²) in [6.07, 6.45) is 0. The first-order valence-corrected chi connectivity index (χ1v) is 7.06. The monoisotopic (exact) mass is 378 g/mol. The van der Waals surface area contributed by atoms with E-state index in [-0.39, 0.29) is 20.8 Å². The number of aliphatic hydroxyl groups is 3. The third-order valence-electron chi connectivity index (χ3n) is 4.03. The lowest BCUT2D eigenvalue weighted by Gasteiger charge is -2.24. The molecule has 0 atom stereocenters. The van der Waals surface area contributed by atoms with Crippen molar-refractivity contribution in [2.24, 2.45) is 0 Å². The van der Waals surface area contributed by atoms with Gasteiger partial charge in [0.15, 0.2) is 0 Å². The highest BCUT2D eigenvalue weighted by atomic mass is 16.3. The van der Waals surface area contributed by atoms with Crippen molar-refractivity contribution in [1.82, 2.24) is 20.0 Å². The van der Waals surface area contributed by atoms with Crippen molar-refractivity contribution in [2.75, 3.05) is 20.2 Å². The molecule has 11 heteroatoms. The van der Waals surface area contributed by atoms with Crippen LogP contribution in [-0.4, -0.2) is 85.2 Å². The molecular weight excluding hydrogens is 348 g/mol. The summed E-state index contributed by atoms with van der Waals surface area (Å²) in [5.41, 5.74) is -2.00. The fourth-order valence-corrected chi connectivity index (χ4v) is 2.21. The van der Waals surface area contributed by atoms with Crippen LogP contribution in [0.3, 0.4) is 0 Å². The molecule has 0 aliphatic carbocycles. The summed E-state index contributed by atoms with van der Waals surface area (Å²) < 4.78 is 0. The fourth-order valence-electron chi connectivity index (χ4n) is 2.21. The van der Waals surface area contributed by atoms with Crippen molar-refractivity contribution >= 4 is 23.9 Å². The summed E-state index contributed by atoms with van der Waals surface area (Å²) in [6, 6.07) is -1.21. The number of hydrogen-bond donors (Lipinski definition) is 4. The van der Waals surface area contributed by atoms with E-state index in [0.717, 1.165) is 9.80 Å². The molecule has 152 valence electrons. The number of nitrogens with one attached hydrogen (secondary N) is 1. The van der Waals surface area contributed by atoms with Crippen molar-refractivity contribution in [3.8, 4) is 0 Å². The topological polar surface area (TPSA) is 151 Å². The van der Waals surface area contributed by atoms with Crippen LogP contribution < -0.4 is 5.32 Å². The van der Waals surface area contributed by atoms with Gasteiger partial charge in [0.25, 0.3) is 11.8 Å². The Morgan fingerprint density at radius 1 is 0.808 bits per heavy atom. The van der Waals surface area contributed by atoms with Gasteiger partial charge in [-0.15, -0.1) is 0 Å². The minimum absolute atomic E-state index is 0. The van der Waals surface area contributed by atoms with Crippen molar-refractivity contribution in [1.29, 1.82) is 0 Å². The number of imide groups is 2. The Balaban J connectivity index is 0. The van der Waals surface area contributed by atoms with E-state index in [9.17, 15) is 19.2 Å². The van der Waals surface area contributed by atoms with Gasteiger partial charge in [0.1, 0.15) is 31.3 Å². The van der Waals surface area contributed by atoms with Crippen LogP contribution >= 0.6 is 0 Å². The summed E-state index contributed by atoms with van der Waals surface area (Å²) in [4.78, 5) is 47.3. The average molecular weight is 378 g/mol. The number of nitrogens with zero attached hydrogens (tertiary/aromatic N) is 3. The molecule has 0 saturated carbocycles. The van der Waals surface area contributed by atoms with Crippen LogP contribution in [0.5, 0.6) is 0 Å². The van der Waals surface area contributed by atoms with E-state index in [1.165, 1.54) is 13.8 Å². The zero-order valence-electron chi connectivity index (χ0n) is 13.9. The Bertz CT molecular complexity index is 562. The third-order valence-corrected chi connectivity index (χ3v) is 4.03. The largest absolute Gasteiger partial charge is 0.376 e. The molecule has 4 N–H and O–H groups in total. The van der Waals surface area contributed by atoms with Gasteiger partial charge in [0, 0.05) is 0 Å². The zero-order chi connectivity index (χ0) is 18.9. The van der Waals surface area contributed by atoms with E-state index >= 15 is 0 Å². The van der Waals surface area contributed by atoms with Crippen molar-refractivity contribution in [3.05, 3.63) is 0 Å². The molecule has 2 aliphatic heterocycles. The number of aliphatic hydroxyl groups excluding tert-OH is 3. The van der Waals surface area contributed by atoms with E-state index in [2.05, 4.69) is 5.32 Å². The van der Waals surface area contributed by atoms with Gasteiger partial charge >= 0.3 is 12.1 Å². The lowest BCUT2D eigenvalue weighted by Crippen LogP contribution is -2.44. The van der Waals surface area contributed by atoms with E-state index in [1.54, 1.807) is 13.8 Å². The zero-order valence-corrected chi connectivity index (χ0v) is 13.9. The van der Waals surface area contributed by atoms with Gasteiger partial charge in [-0.2, -0.15) is 0 Å². The quantitative estimate of drug-likeness (QED) is 0.482. The second-order valence-corrected chi connectivity index (χ2v) is 6.17. The van der Waals surface area contributed by atoms with E-state index in [4.69, 9.17) is 15.3 Å². The maximum absolute atomic E-state index is 11.4. The van der Waals surface area contributed by atoms with Crippen LogP contribution in [0, 0.1) is 0 Å². The minimum Gasteiger partial charge on any atom is -0.376 e. The van der Waals surface area contributed by atoms with E-state index in [0.29, 0.717) is 4.90 Å². The van der Waals surface area contributed by atoms with Gasteiger partial charge in [0.05, 0.1) is 0 Å². The lowest BCUT2D eigenvalue weighted by molar-refractivity contribution is -0.134. The first-order chi connectivity index (χ1) is 11.0. The summed E-state index contributed by atoms with van der Waals surface area (Å²) in [5.74, 6) is -0.884. The number of carbonyl (C=O) groups excluding carboxylic acids is 4. The molecule has 2 heterocycles. The van der Waals surface area contributed by atoms with Gasteiger partial charge in [0.2, 0.25) is 0 Å². The number of hydrogen-bond acceptors (Lipinski definition) is 7. The first kappa shape index (κ1) is 26.0. The van der Waals surface area contributed by atoms with E-state index in [1.807, 2.05) is 0 Å². The molecule has 0 unspecified atom stereocenters. The number of carbonyl (C=O) groups is 4. The fraction of sp³-hybridized carbons (Fsp3) is 0.733. The molecule has 26 heavy (non-hydrogen) atoms. The molecule has 6 amide bonds. The molecule has 0 spiro atoms. The molecule has 2 fully saturated rings. The Morgan fingerprint density at radius 3 is 1.46 bits per heavy atom. The van der Waals surface area contributed by atoms with Crippen LogP contribution in [-0.2, 0) is 9.59 Å². The van der Waals surface area contributed by atoms with Gasteiger partial charge in [-0.25, -0.2) is 14.5 Å². The summed E-state index contributed by atoms with van der Waals surface area (Å²) in [7, 11) is 0. The molecule has 2 aliphatic rings. The SMILES string of the molecule is C.C.CC1(C)C(=O)N(CO)C(=O)N1CO.CC1(C)C(=O)NC(=O)N1CO. The summed E-state index contributed by atoms with van der Waals surface area (Å²) in [5, 5.41) is 28.4. The van der Waals surface area contributed by atoms with Gasteiger partial charge in [-0.05, 0) is 27.7 Å². The Morgan fingerprint density at radius 2 is 1.27 bits per heavy atom. The molecule has 0 aromatic carbocycles. The van der Waals surface area contributed by atoms with Crippen molar-refractivity contribution in [3.63, 3.8) is 0 Å². The Hall–Kier alpha value is -2.24. The van der Waals surface area contributed by atoms with Crippen LogP contribution in [0.25, 0.3) is 0 Å². The molecule has 0 bridgehead atoms. The maximum Gasteiger partial charge on any atom is 0.331 e. The van der Waals surface area contributed by atoms with Gasteiger partial charge in [-0.3, -0.25) is 24.7 Å². The second-order valence-electron chi connectivity index (χ2n) is 6.17. The highest BCUT2D eigenvalue weighted by molar-refractivity contribution is 6.06. The molecule has 2 saturated heterocycles. The summed E-state index contributed by atoms with van der Waals surface area (Å²) in [6.45, 7) is 4.54. The predicted octanol–water partition coefficient (Wildman–Crippen LogP) is -0.532. The normalized spacial score (nSPS) is 20.2. The van der Waals surface area contributed by atoms with Crippen LogP contribution in [0.2, 0.25) is 0 Å². The summed E-state index contributed by atoms with van der Waals surface area (Å²) >= 11 is 0. The van der Waals surface area contributed by atoms with E-state index < -0.39 is 49.2 Å². The number of urea groups is 2. The van der Waals surface area contributed by atoms with Gasteiger partial charge in [-0.1, -0.05) is 14.9 Å². The molecular formula is C15H30N4O7. The van der Waals surface area contributed by atoms with Crippen LogP contribution in [0.1, 0.15) is 42.5 Å². The molecule has 0 aromatic rings. The van der Waals surface area contributed by atoms with Crippen LogP contribution in [0.15, 0.2) is 0 Å². The minimum atomic E-state index is -1.07. The standard InChI is InChI=1S/C7H12N2O4.C6H10N2O3.2CH4/c1-7(2)5(12)8(3-10)6(13)9(7)4-11;1-6(2)4(10)7-5(11)8(6)3-9;;/h10-11H,3-4H2,1-2H3;9H,3H2,1-2H3,(H,7,10,11);2*1H4. The maximum atomic E-state index is 11.4. The highest BCUT2D eigenvalue weighted by Crippen LogP contribution is 2.26. The van der Waals surface area contributed by atoms with Crippen molar-refractivity contribution < 1.29 is 34.5 Å². The number of rotatable bonds is 3. The highest BCUT2D eigenvalue weighted by Gasteiger charge is 2.50. The Labute approximate surface area is 153 Å². The smallest absolute Gasteiger partial charge is 0.331 e. The third kappa shape index (κ3) is 4.11. The molecule has 11 nitrogen and oxygen atoms in total. The van der Waals surface area contributed by atoms with Gasteiger partial charge < -0.3 is 15.3 Å². The molecule has 0 aromatic heterocycles. The Kier molecular flexibility index (Phi) is 8.92. The molecule has 2 rings (SSSR count). The second kappa shape index (κ2) is 8.92. The first-order valence-electron chi connectivity index (χ1n) is 7.06. The number of amides is 6.